The summed E-state index contributed by atoms with van der Waals surface area (Å²) < 4.78 is 0. The SMILES string of the molecule is C[C@@H](O)[C@H](NC(=O)[C@@H]1CS[C@@H]2c3ccccc3C(=O)N21)C(=O)O. The molecule has 3 N–H and O–H groups in total. The zero-order chi connectivity index (χ0) is 16.7. The van der Waals surface area contributed by atoms with Gasteiger partial charge in [0.15, 0.2) is 6.04 Å². The van der Waals surface area contributed by atoms with Crippen molar-refractivity contribution >= 4 is 29.5 Å². The number of hydrogen-bond donors (Lipinski definition) is 3. The number of aliphatic hydroxyl groups is 1. The first-order valence-electron chi connectivity index (χ1n) is 7.16. The molecular formula is C15H16N2O5S. The minimum Gasteiger partial charge on any atom is -0.480 e. The molecule has 0 aliphatic carbocycles. The molecular weight excluding hydrogens is 320 g/mol. The van der Waals surface area contributed by atoms with E-state index < -0.39 is 30.1 Å². The molecule has 1 saturated heterocycles. The van der Waals surface area contributed by atoms with Crippen LogP contribution in [0.25, 0.3) is 0 Å². The number of nitrogens with zero attached hydrogens (tertiary/aromatic N) is 1. The summed E-state index contributed by atoms with van der Waals surface area (Å²) in [4.78, 5) is 37.5. The van der Waals surface area contributed by atoms with Gasteiger partial charge in [0.1, 0.15) is 11.4 Å². The number of amides is 2. The topological polar surface area (TPSA) is 107 Å². The number of nitrogens with one attached hydrogen (secondary N) is 1. The van der Waals surface area contributed by atoms with E-state index in [-0.39, 0.29) is 11.3 Å². The fourth-order valence-corrected chi connectivity index (χ4v) is 4.35. The molecule has 0 spiro atoms. The summed E-state index contributed by atoms with van der Waals surface area (Å²) in [5.74, 6) is -1.70. The van der Waals surface area contributed by atoms with Crippen molar-refractivity contribution in [2.75, 3.05) is 5.75 Å². The number of hydrogen-bond acceptors (Lipinski definition) is 5. The maximum absolute atomic E-state index is 12.5. The molecule has 7 nitrogen and oxygen atoms in total. The summed E-state index contributed by atoms with van der Waals surface area (Å²) in [5.41, 5.74) is 1.45. The van der Waals surface area contributed by atoms with E-state index in [1.54, 1.807) is 12.1 Å². The van der Waals surface area contributed by atoms with Gasteiger partial charge in [0.05, 0.1) is 6.10 Å². The molecule has 23 heavy (non-hydrogen) atoms. The van der Waals surface area contributed by atoms with E-state index in [9.17, 15) is 19.5 Å². The maximum Gasteiger partial charge on any atom is 0.328 e. The Morgan fingerprint density at radius 2 is 2.09 bits per heavy atom. The highest BCUT2D eigenvalue weighted by molar-refractivity contribution is 7.99. The van der Waals surface area contributed by atoms with E-state index in [0.717, 1.165) is 5.56 Å². The Morgan fingerprint density at radius 1 is 1.39 bits per heavy atom. The molecule has 2 aliphatic heterocycles. The van der Waals surface area contributed by atoms with Crippen molar-refractivity contribution in [3.63, 3.8) is 0 Å². The molecule has 1 aromatic carbocycles. The summed E-state index contributed by atoms with van der Waals surface area (Å²) in [6.45, 7) is 1.29. The molecule has 8 heteroatoms. The normalized spacial score (nSPS) is 24.8. The average Bonchev–Trinajstić information content (AvgIpc) is 3.05. The van der Waals surface area contributed by atoms with E-state index in [4.69, 9.17) is 5.11 Å². The molecule has 0 saturated carbocycles. The number of aliphatic carboxylic acids is 1. The van der Waals surface area contributed by atoms with Gasteiger partial charge in [0.25, 0.3) is 5.91 Å². The van der Waals surface area contributed by atoms with Gasteiger partial charge in [-0.2, -0.15) is 0 Å². The van der Waals surface area contributed by atoms with Crippen LogP contribution in [0.2, 0.25) is 0 Å². The Hall–Kier alpha value is -2.06. The molecule has 2 aliphatic rings. The highest BCUT2D eigenvalue weighted by atomic mass is 32.2. The van der Waals surface area contributed by atoms with E-state index in [1.807, 2.05) is 12.1 Å². The van der Waals surface area contributed by atoms with E-state index in [1.165, 1.54) is 23.6 Å². The molecule has 0 aromatic heterocycles. The molecule has 2 amide bonds. The van der Waals surface area contributed by atoms with Gasteiger partial charge < -0.3 is 20.4 Å². The number of carbonyl (C=O) groups excluding carboxylic acids is 2. The number of rotatable bonds is 4. The highest BCUT2D eigenvalue weighted by Crippen LogP contribution is 2.48. The number of thioether (sulfide) groups is 1. The van der Waals surface area contributed by atoms with Gasteiger partial charge in [0.2, 0.25) is 5.91 Å². The predicted molar refractivity (Wildman–Crippen MR) is 82.8 cm³/mol. The van der Waals surface area contributed by atoms with Crippen molar-refractivity contribution in [2.24, 2.45) is 0 Å². The van der Waals surface area contributed by atoms with Crippen LogP contribution in [-0.2, 0) is 9.59 Å². The lowest BCUT2D eigenvalue weighted by Gasteiger charge is -2.25. The molecule has 3 rings (SSSR count). The smallest absolute Gasteiger partial charge is 0.328 e. The van der Waals surface area contributed by atoms with Gasteiger partial charge >= 0.3 is 5.97 Å². The first-order chi connectivity index (χ1) is 10.9. The summed E-state index contributed by atoms with van der Waals surface area (Å²) >= 11 is 1.47. The van der Waals surface area contributed by atoms with Gasteiger partial charge in [-0.05, 0) is 18.6 Å². The van der Waals surface area contributed by atoms with Crippen LogP contribution in [0.4, 0.5) is 0 Å². The van der Waals surface area contributed by atoms with Crippen LogP contribution >= 0.6 is 11.8 Å². The highest BCUT2D eigenvalue weighted by Gasteiger charge is 2.48. The molecule has 1 fully saturated rings. The second-order valence-electron chi connectivity index (χ2n) is 5.57. The minimum atomic E-state index is -1.40. The minimum absolute atomic E-state index is 0.218. The summed E-state index contributed by atoms with van der Waals surface area (Å²) in [6, 6.07) is 5.06. The number of carbonyl (C=O) groups is 3. The lowest BCUT2D eigenvalue weighted by atomic mass is 10.1. The first kappa shape index (κ1) is 15.8. The zero-order valence-corrected chi connectivity index (χ0v) is 13.1. The number of aliphatic hydroxyl groups excluding tert-OH is 1. The van der Waals surface area contributed by atoms with Gasteiger partial charge in [-0.3, -0.25) is 9.59 Å². The van der Waals surface area contributed by atoms with Gasteiger partial charge in [-0.1, -0.05) is 18.2 Å². The van der Waals surface area contributed by atoms with Crippen LogP contribution in [-0.4, -0.2) is 56.8 Å². The third-order valence-corrected chi connectivity index (χ3v) is 5.35. The summed E-state index contributed by atoms with van der Waals surface area (Å²) in [6.07, 6.45) is -1.23. The van der Waals surface area contributed by atoms with Crippen molar-refractivity contribution in [2.45, 2.75) is 30.5 Å². The third kappa shape index (κ3) is 2.57. The largest absolute Gasteiger partial charge is 0.480 e. The van der Waals surface area contributed by atoms with Crippen molar-refractivity contribution in [1.29, 1.82) is 0 Å². The van der Waals surface area contributed by atoms with Crippen LogP contribution in [0.3, 0.4) is 0 Å². The molecule has 4 atom stereocenters. The Morgan fingerprint density at radius 3 is 2.74 bits per heavy atom. The van der Waals surface area contributed by atoms with Gasteiger partial charge in [-0.25, -0.2) is 4.79 Å². The third-order valence-electron chi connectivity index (χ3n) is 4.04. The average molecular weight is 336 g/mol. The summed E-state index contributed by atoms with van der Waals surface area (Å²) in [5, 5.41) is 20.6. The quantitative estimate of drug-likeness (QED) is 0.725. The molecule has 2 heterocycles. The monoisotopic (exact) mass is 336 g/mol. The fraction of sp³-hybridized carbons (Fsp3) is 0.400. The fourth-order valence-electron chi connectivity index (χ4n) is 2.88. The van der Waals surface area contributed by atoms with Gasteiger partial charge in [0, 0.05) is 11.3 Å². The predicted octanol–water partition coefficient (Wildman–Crippen LogP) is 0.207. The van der Waals surface area contributed by atoms with Gasteiger partial charge in [-0.15, -0.1) is 11.8 Å². The molecule has 0 unspecified atom stereocenters. The number of carboxylic acids is 1. The Balaban J connectivity index is 1.80. The molecule has 0 radical (unpaired) electrons. The lowest BCUT2D eigenvalue weighted by Crippen LogP contribution is -2.54. The van der Waals surface area contributed by atoms with Crippen LogP contribution in [0, 0.1) is 0 Å². The zero-order valence-electron chi connectivity index (χ0n) is 12.3. The summed E-state index contributed by atoms with van der Waals surface area (Å²) in [7, 11) is 0. The lowest BCUT2D eigenvalue weighted by molar-refractivity contribution is -0.145. The van der Waals surface area contributed by atoms with Crippen molar-refractivity contribution in [3.8, 4) is 0 Å². The molecule has 1 aromatic rings. The van der Waals surface area contributed by atoms with Crippen LogP contribution < -0.4 is 5.32 Å². The second kappa shape index (κ2) is 5.86. The Bertz CT molecular complexity index is 678. The van der Waals surface area contributed by atoms with Crippen LogP contribution in [0.5, 0.6) is 0 Å². The van der Waals surface area contributed by atoms with Crippen molar-refractivity contribution in [1.82, 2.24) is 10.2 Å². The number of carboxylic acid groups (broad SMARTS) is 1. The maximum atomic E-state index is 12.5. The van der Waals surface area contributed by atoms with E-state index >= 15 is 0 Å². The molecule has 0 bridgehead atoms. The standard InChI is InChI=1S/C15H16N2O5S/c1-7(18)11(15(21)22)16-12(19)10-6-23-14-9-5-3-2-4-8(9)13(20)17(10)14/h2-5,7,10-11,14,18H,6H2,1H3,(H,16,19)(H,21,22)/t7-,10+,11+,14-/m1/s1. The number of benzene rings is 1. The van der Waals surface area contributed by atoms with Crippen LogP contribution in [0.15, 0.2) is 24.3 Å². The van der Waals surface area contributed by atoms with E-state index in [0.29, 0.717) is 11.3 Å². The Labute approximate surface area is 136 Å². The number of fused-ring (bicyclic) bond motifs is 3. The van der Waals surface area contributed by atoms with E-state index in [2.05, 4.69) is 5.32 Å². The van der Waals surface area contributed by atoms with Crippen LogP contribution in [0.1, 0.15) is 28.2 Å². The second-order valence-corrected chi connectivity index (χ2v) is 6.68. The van der Waals surface area contributed by atoms with Crippen molar-refractivity contribution in [3.05, 3.63) is 35.4 Å². The molecule has 122 valence electrons. The first-order valence-corrected chi connectivity index (χ1v) is 8.21. The van der Waals surface area contributed by atoms with Crippen molar-refractivity contribution < 1.29 is 24.6 Å². The Kier molecular flexibility index (Phi) is 4.03.